The van der Waals surface area contributed by atoms with Crippen LogP contribution in [0.4, 0.5) is 0 Å². The van der Waals surface area contributed by atoms with Crippen LogP contribution in [0.25, 0.3) is 0 Å². The zero-order chi connectivity index (χ0) is 9.56. The summed E-state index contributed by atoms with van der Waals surface area (Å²) in [5.74, 6) is 0. The summed E-state index contributed by atoms with van der Waals surface area (Å²) in [6.45, 7) is 4.26. The molecule has 12 heavy (non-hydrogen) atoms. The quantitative estimate of drug-likeness (QED) is 0.637. The molecule has 4 heteroatoms. The molecule has 2 N–H and O–H groups in total. The van der Waals surface area contributed by atoms with Gasteiger partial charge >= 0.3 is 9.28 Å². The highest BCUT2D eigenvalue weighted by Gasteiger charge is 2.21. The van der Waals surface area contributed by atoms with Crippen LogP contribution in [0.1, 0.15) is 26.7 Å². The lowest BCUT2D eigenvalue weighted by Gasteiger charge is -2.21. The Bertz CT molecular complexity index is 109. The Balaban J connectivity index is 3.75. The predicted molar refractivity (Wildman–Crippen MR) is 53.5 cm³/mol. The van der Waals surface area contributed by atoms with E-state index in [0.29, 0.717) is 11.6 Å². The molecule has 2 atom stereocenters. The van der Waals surface area contributed by atoms with Gasteiger partial charge in [-0.3, -0.25) is 0 Å². The van der Waals surface area contributed by atoms with Crippen LogP contribution in [0.5, 0.6) is 0 Å². The first-order chi connectivity index (χ1) is 5.65. The molecule has 0 saturated carbocycles. The van der Waals surface area contributed by atoms with Gasteiger partial charge in [-0.1, -0.05) is 13.8 Å². The minimum absolute atomic E-state index is 0.292. The van der Waals surface area contributed by atoms with Crippen LogP contribution in [-0.2, 0) is 8.85 Å². The maximum atomic E-state index is 5.83. The van der Waals surface area contributed by atoms with Gasteiger partial charge in [-0.2, -0.15) is 0 Å². The molecule has 0 aromatic carbocycles. The van der Waals surface area contributed by atoms with Crippen LogP contribution in [0.15, 0.2) is 0 Å². The molecular weight excluding hydrogens is 170 g/mol. The van der Waals surface area contributed by atoms with Gasteiger partial charge in [0, 0.05) is 20.3 Å². The first-order valence-corrected chi connectivity index (χ1v) is 6.07. The average Bonchev–Trinajstić information content (AvgIpc) is 2.06. The van der Waals surface area contributed by atoms with Gasteiger partial charge in [0.25, 0.3) is 0 Å². The second kappa shape index (κ2) is 6.60. The highest BCUT2D eigenvalue weighted by atomic mass is 28.3. The fourth-order valence-corrected chi connectivity index (χ4v) is 3.01. The highest BCUT2D eigenvalue weighted by Crippen LogP contribution is 2.17. The molecule has 0 saturated heterocycles. The molecule has 0 radical (unpaired) electrons. The number of hydrogen-bond acceptors (Lipinski definition) is 3. The first-order valence-electron chi connectivity index (χ1n) is 4.46. The summed E-state index contributed by atoms with van der Waals surface area (Å²) >= 11 is 0. The largest absolute Gasteiger partial charge is 0.400 e. The smallest absolute Gasteiger partial charge is 0.323 e. The highest BCUT2D eigenvalue weighted by molar-refractivity contribution is 6.46. The maximum Gasteiger partial charge on any atom is 0.323 e. The molecule has 0 rings (SSSR count). The minimum atomic E-state index is -1.44. The van der Waals surface area contributed by atoms with Gasteiger partial charge < -0.3 is 14.6 Å². The van der Waals surface area contributed by atoms with Crippen molar-refractivity contribution < 1.29 is 8.85 Å². The van der Waals surface area contributed by atoms with E-state index in [1.54, 1.807) is 14.2 Å². The fourth-order valence-electron chi connectivity index (χ4n) is 1.32. The van der Waals surface area contributed by atoms with Crippen LogP contribution in [0.2, 0.25) is 5.54 Å². The van der Waals surface area contributed by atoms with Crippen molar-refractivity contribution in [3.8, 4) is 0 Å². The van der Waals surface area contributed by atoms with Gasteiger partial charge in [-0.05, 0) is 18.4 Å². The maximum absolute atomic E-state index is 5.83. The Labute approximate surface area is 77.1 Å². The normalized spacial score (nSPS) is 16.5. The van der Waals surface area contributed by atoms with Crippen LogP contribution >= 0.6 is 0 Å². The summed E-state index contributed by atoms with van der Waals surface area (Å²) < 4.78 is 10.5. The predicted octanol–water partition coefficient (Wildman–Crippen LogP) is 1.02. The average molecular weight is 191 g/mol. The van der Waals surface area contributed by atoms with Crippen molar-refractivity contribution in [2.24, 2.45) is 5.73 Å². The van der Waals surface area contributed by atoms with Crippen LogP contribution < -0.4 is 5.73 Å². The third-order valence-electron chi connectivity index (χ3n) is 2.13. The first kappa shape index (κ1) is 12.1. The van der Waals surface area contributed by atoms with E-state index in [-0.39, 0.29) is 0 Å². The van der Waals surface area contributed by atoms with E-state index in [0.717, 1.165) is 12.8 Å². The van der Waals surface area contributed by atoms with Crippen molar-refractivity contribution in [2.75, 3.05) is 14.2 Å². The molecule has 0 amide bonds. The van der Waals surface area contributed by atoms with Crippen LogP contribution in [-0.4, -0.2) is 29.5 Å². The molecule has 0 aliphatic rings. The van der Waals surface area contributed by atoms with Crippen molar-refractivity contribution in [1.82, 2.24) is 0 Å². The lowest BCUT2D eigenvalue weighted by atomic mass is 10.1. The van der Waals surface area contributed by atoms with Gasteiger partial charge in [0.1, 0.15) is 0 Å². The van der Waals surface area contributed by atoms with Crippen molar-refractivity contribution in [1.29, 1.82) is 0 Å². The molecule has 0 aliphatic carbocycles. The van der Waals surface area contributed by atoms with E-state index in [4.69, 9.17) is 14.6 Å². The summed E-state index contributed by atoms with van der Waals surface area (Å²) in [7, 11) is 2.00. The Hall–Kier alpha value is 0.0969. The molecule has 0 spiro atoms. The van der Waals surface area contributed by atoms with Gasteiger partial charge in [0.2, 0.25) is 0 Å². The summed E-state index contributed by atoms with van der Waals surface area (Å²) in [6, 6.07) is 0.292. The fraction of sp³-hybridized carbons (Fsp3) is 1.00. The van der Waals surface area contributed by atoms with Gasteiger partial charge in [0.15, 0.2) is 0 Å². The lowest BCUT2D eigenvalue weighted by molar-refractivity contribution is 0.262. The SMILES string of the molecule is CCC(N)CC(C)[SiH](OC)OC. The molecular formula is C8H21NO2Si. The zero-order valence-corrected chi connectivity index (χ0v) is 9.69. The number of rotatable bonds is 6. The second-order valence-corrected chi connectivity index (χ2v) is 6.04. The van der Waals surface area contributed by atoms with Crippen molar-refractivity contribution in [2.45, 2.75) is 38.3 Å². The molecule has 0 aromatic heterocycles. The summed E-state index contributed by atoms with van der Waals surface area (Å²) in [6.07, 6.45) is 2.04. The molecule has 3 nitrogen and oxygen atoms in total. The van der Waals surface area contributed by atoms with Crippen molar-refractivity contribution >= 4 is 9.28 Å². The van der Waals surface area contributed by atoms with E-state index in [9.17, 15) is 0 Å². The minimum Gasteiger partial charge on any atom is -0.400 e. The van der Waals surface area contributed by atoms with Gasteiger partial charge in [0.05, 0.1) is 0 Å². The molecule has 0 bridgehead atoms. The monoisotopic (exact) mass is 191 g/mol. The van der Waals surface area contributed by atoms with Gasteiger partial charge in [-0.25, -0.2) is 0 Å². The van der Waals surface area contributed by atoms with E-state index in [1.807, 2.05) is 0 Å². The topological polar surface area (TPSA) is 44.5 Å². The molecule has 0 heterocycles. The van der Waals surface area contributed by atoms with E-state index in [2.05, 4.69) is 13.8 Å². The van der Waals surface area contributed by atoms with E-state index >= 15 is 0 Å². The third-order valence-corrected chi connectivity index (χ3v) is 4.26. The Kier molecular flexibility index (Phi) is 6.65. The molecule has 74 valence electrons. The zero-order valence-electron chi connectivity index (χ0n) is 8.54. The van der Waals surface area contributed by atoms with Crippen LogP contribution in [0, 0.1) is 0 Å². The third kappa shape index (κ3) is 4.20. The van der Waals surface area contributed by atoms with Gasteiger partial charge in [-0.15, -0.1) is 0 Å². The molecule has 0 fully saturated rings. The summed E-state index contributed by atoms with van der Waals surface area (Å²) in [5, 5.41) is 0. The van der Waals surface area contributed by atoms with E-state index in [1.165, 1.54) is 0 Å². The van der Waals surface area contributed by atoms with Crippen molar-refractivity contribution in [3.63, 3.8) is 0 Å². The Morgan fingerprint density at radius 2 is 1.83 bits per heavy atom. The lowest BCUT2D eigenvalue weighted by Crippen LogP contribution is -2.30. The second-order valence-electron chi connectivity index (χ2n) is 3.22. The molecule has 2 unspecified atom stereocenters. The summed E-state index contributed by atoms with van der Waals surface area (Å²) in [4.78, 5) is 0. The Morgan fingerprint density at radius 3 is 2.17 bits per heavy atom. The molecule has 0 aliphatic heterocycles. The van der Waals surface area contributed by atoms with Crippen molar-refractivity contribution in [3.05, 3.63) is 0 Å². The molecule has 0 aromatic rings. The van der Waals surface area contributed by atoms with E-state index < -0.39 is 9.28 Å². The number of hydrogen-bond donors (Lipinski definition) is 1. The standard InChI is InChI=1S/C8H21NO2Si/c1-5-8(9)6-7(2)12(10-3)11-4/h7-8,12H,5-6,9H2,1-4H3. The summed E-state index contributed by atoms with van der Waals surface area (Å²) in [5.41, 5.74) is 6.33. The number of nitrogens with two attached hydrogens (primary N) is 1. The Morgan fingerprint density at radius 1 is 1.33 bits per heavy atom. The van der Waals surface area contributed by atoms with Crippen LogP contribution in [0.3, 0.4) is 0 Å².